The highest BCUT2D eigenvalue weighted by molar-refractivity contribution is 6.04. The molecule has 7 heteroatoms. The smallest absolute Gasteiger partial charge is 0.277 e. The van der Waals surface area contributed by atoms with Crippen molar-refractivity contribution in [3.8, 4) is 11.4 Å². The lowest BCUT2D eigenvalue weighted by atomic mass is 10.1. The van der Waals surface area contributed by atoms with Crippen LogP contribution >= 0.6 is 0 Å². The highest BCUT2D eigenvalue weighted by Crippen LogP contribution is 2.22. The number of hydrogen-bond acceptors (Lipinski definition) is 5. The fourth-order valence-electron chi connectivity index (χ4n) is 2.90. The van der Waals surface area contributed by atoms with Gasteiger partial charge in [-0.2, -0.15) is 4.73 Å². The molecule has 0 radical (unpaired) electrons. The Labute approximate surface area is 153 Å². The second kappa shape index (κ2) is 6.45. The number of imidazole rings is 1. The average molecular weight is 361 g/mol. The predicted octanol–water partition coefficient (Wildman–Crippen LogP) is 3.45. The molecule has 4 aromatic rings. The minimum absolute atomic E-state index is 0.0507. The summed E-state index contributed by atoms with van der Waals surface area (Å²) in [7, 11) is 0. The first-order valence-electron chi connectivity index (χ1n) is 8.22. The SMILES string of the molecule is Cc1nc(-c2coc3ccccc3c2=O)n(O)c1C(=O)Nc1ccccc1. The standard InChI is InChI=1S/C20H15N3O4/c1-12-17(20(25)22-13-7-3-2-4-8-13)23(26)19(21-12)15-11-27-16-10-6-5-9-14(16)18(15)24/h2-11,26H,1H3,(H,22,25). The van der Waals surface area contributed by atoms with Crippen molar-refractivity contribution in [2.75, 3.05) is 5.32 Å². The van der Waals surface area contributed by atoms with Crippen LogP contribution in [0.15, 0.2) is 70.1 Å². The molecule has 1 amide bonds. The first-order valence-corrected chi connectivity index (χ1v) is 8.22. The highest BCUT2D eigenvalue weighted by atomic mass is 16.5. The van der Waals surface area contributed by atoms with E-state index in [1.165, 1.54) is 6.26 Å². The molecule has 0 bridgehead atoms. The Morgan fingerprint density at radius 1 is 1.11 bits per heavy atom. The van der Waals surface area contributed by atoms with Gasteiger partial charge in [-0.3, -0.25) is 9.59 Å². The lowest BCUT2D eigenvalue weighted by Gasteiger charge is -2.06. The van der Waals surface area contributed by atoms with Gasteiger partial charge in [-0.25, -0.2) is 4.98 Å². The van der Waals surface area contributed by atoms with E-state index in [0.717, 1.165) is 0 Å². The molecular formula is C20H15N3O4. The number of aryl methyl sites for hydroxylation is 1. The van der Waals surface area contributed by atoms with E-state index in [1.54, 1.807) is 55.5 Å². The van der Waals surface area contributed by atoms with Gasteiger partial charge < -0.3 is 14.9 Å². The van der Waals surface area contributed by atoms with Gasteiger partial charge >= 0.3 is 0 Å². The molecule has 2 aromatic carbocycles. The number of carbonyl (C=O) groups excluding carboxylic acids is 1. The van der Waals surface area contributed by atoms with Crippen molar-refractivity contribution in [2.24, 2.45) is 0 Å². The Morgan fingerprint density at radius 2 is 1.81 bits per heavy atom. The van der Waals surface area contributed by atoms with E-state index < -0.39 is 5.91 Å². The summed E-state index contributed by atoms with van der Waals surface area (Å²) in [4.78, 5) is 29.5. The zero-order chi connectivity index (χ0) is 19.0. The lowest BCUT2D eigenvalue weighted by Crippen LogP contribution is -2.18. The molecule has 0 unspecified atom stereocenters. The zero-order valence-corrected chi connectivity index (χ0v) is 14.3. The number of amides is 1. The number of benzene rings is 2. The van der Waals surface area contributed by atoms with Gasteiger partial charge in [0.25, 0.3) is 5.91 Å². The number of fused-ring (bicyclic) bond motifs is 1. The topological polar surface area (TPSA) is 97.4 Å². The molecule has 0 saturated heterocycles. The van der Waals surface area contributed by atoms with E-state index in [9.17, 15) is 14.8 Å². The van der Waals surface area contributed by atoms with Gasteiger partial charge in [-0.05, 0) is 31.2 Å². The molecule has 0 aliphatic carbocycles. The summed E-state index contributed by atoms with van der Waals surface area (Å²) in [5.74, 6) is -0.588. The van der Waals surface area contributed by atoms with Gasteiger partial charge in [-0.1, -0.05) is 30.3 Å². The minimum atomic E-state index is -0.537. The van der Waals surface area contributed by atoms with Crippen LogP contribution in [0.4, 0.5) is 5.69 Å². The van der Waals surface area contributed by atoms with Crippen molar-refractivity contribution in [3.63, 3.8) is 0 Å². The summed E-state index contributed by atoms with van der Waals surface area (Å²) in [5, 5.41) is 13.6. The van der Waals surface area contributed by atoms with Crippen LogP contribution in [0.2, 0.25) is 0 Å². The van der Waals surface area contributed by atoms with E-state index in [-0.39, 0.29) is 28.2 Å². The van der Waals surface area contributed by atoms with Crippen molar-refractivity contribution >= 4 is 22.6 Å². The molecule has 2 heterocycles. The summed E-state index contributed by atoms with van der Waals surface area (Å²) >= 11 is 0. The van der Waals surface area contributed by atoms with E-state index >= 15 is 0 Å². The third-order valence-electron chi connectivity index (χ3n) is 4.20. The Balaban J connectivity index is 1.78. The summed E-state index contributed by atoms with van der Waals surface area (Å²) in [5.41, 5.74) is 0.969. The van der Waals surface area contributed by atoms with Crippen LogP contribution in [-0.2, 0) is 0 Å². The van der Waals surface area contributed by atoms with Crippen molar-refractivity contribution in [2.45, 2.75) is 6.92 Å². The second-order valence-corrected chi connectivity index (χ2v) is 5.98. The van der Waals surface area contributed by atoms with Gasteiger partial charge in [0.15, 0.2) is 11.5 Å². The summed E-state index contributed by atoms with van der Waals surface area (Å²) < 4.78 is 6.09. The van der Waals surface area contributed by atoms with E-state index in [1.807, 2.05) is 6.07 Å². The highest BCUT2D eigenvalue weighted by Gasteiger charge is 2.24. The first-order chi connectivity index (χ1) is 13.1. The Morgan fingerprint density at radius 3 is 2.59 bits per heavy atom. The van der Waals surface area contributed by atoms with Crippen LogP contribution in [0.3, 0.4) is 0 Å². The summed E-state index contributed by atoms with van der Waals surface area (Å²) in [6.07, 6.45) is 1.23. The molecule has 0 spiro atoms. The Bertz CT molecular complexity index is 1210. The van der Waals surface area contributed by atoms with Crippen molar-refractivity contribution < 1.29 is 14.4 Å². The largest absolute Gasteiger partial charge is 0.463 e. The van der Waals surface area contributed by atoms with E-state index in [2.05, 4.69) is 10.3 Å². The predicted molar refractivity (Wildman–Crippen MR) is 100 cm³/mol. The molecule has 27 heavy (non-hydrogen) atoms. The quantitative estimate of drug-likeness (QED) is 0.545. The molecule has 4 rings (SSSR count). The van der Waals surface area contributed by atoms with E-state index in [0.29, 0.717) is 21.4 Å². The zero-order valence-electron chi connectivity index (χ0n) is 14.3. The Hall–Kier alpha value is -3.87. The fraction of sp³-hybridized carbons (Fsp3) is 0.0500. The molecule has 0 aliphatic heterocycles. The number of nitrogens with zero attached hydrogens (tertiary/aromatic N) is 2. The molecular weight excluding hydrogens is 346 g/mol. The normalized spacial score (nSPS) is 10.9. The van der Waals surface area contributed by atoms with Crippen LogP contribution in [0.1, 0.15) is 16.2 Å². The third kappa shape index (κ3) is 2.85. The van der Waals surface area contributed by atoms with Crippen molar-refractivity contribution in [3.05, 3.63) is 82.5 Å². The Kier molecular flexibility index (Phi) is 3.97. The monoisotopic (exact) mass is 361 g/mol. The maximum absolute atomic E-state index is 12.7. The molecule has 7 nitrogen and oxygen atoms in total. The van der Waals surface area contributed by atoms with Crippen LogP contribution in [-0.4, -0.2) is 20.8 Å². The molecule has 0 saturated carbocycles. The van der Waals surface area contributed by atoms with Crippen LogP contribution in [0, 0.1) is 6.92 Å². The van der Waals surface area contributed by atoms with Gasteiger partial charge in [0, 0.05) is 5.69 Å². The van der Waals surface area contributed by atoms with E-state index in [4.69, 9.17) is 4.42 Å². The number of carbonyl (C=O) groups is 1. The fourth-order valence-corrected chi connectivity index (χ4v) is 2.90. The van der Waals surface area contributed by atoms with Crippen molar-refractivity contribution in [1.29, 1.82) is 0 Å². The molecule has 0 aliphatic rings. The van der Waals surface area contributed by atoms with Gasteiger partial charge in [0.2, 0.25) is 5.43 Å². The maximum atomic E-state index is 12.7. The van der Waals surface area contributed by atoms with Gasteiger partial charge in [0.05, 0.1) is 11.1 Å². The number of rotatable bonds is 3. The number of aromatic nitrogens is 2. The minimum Gasteiger partial charge on any atom is -0.463 e. The average Bonchev–Trinajstić information content (AvgIpc) is 2.97. The molecule has 0 fully saturated rings. The molecule has 134 valence electrons. The summed E-state index contributed by atoms with van der Waals surface area (Å²) in [6.45, 7) is 1.58. The molecule has 2 N–H and O–H groups in total. The second-order valence-electron chi connectivity index (χ2n) is 5.98. The molecule has 2 aromatic heterocycles. The first kappa shape index (κ1) is 16.6. The summed E-state index contributed by atoms with van der Waals surface area (Å²) in [6, 6.07) is 15.6. The van der Waals surface area contributed by atoms with Crippen molar-refractivity contribution in [1.82, 2.24) is 9.71 Å². The van der Waals surface area contributed by atoms with Gasteiger partial charge in [-0.15, -0.1) is 0 Å². The van der Waals surface area contributed by atoms with Gasteiger partial charge in [0.1, 0.15) is 17.4 Å². The number of nitrogens with one attached hydrogen (secondary N) is 1. The number of anilines is 1. The third-order valence-corrected chi connectivity index (χ3v) is 4.20. The van der Waals surface area contributed by atoms with Crippen LogP contribution in [0.5, 0.6) is 0 Å². The lowest BCUT2D eigenvalue weighted by molar-refractivity contribution is 0.0974. The number of para-hydroxylation sites is 2. The number of hydrogen-bond donors (Lipinski definition) is 2. The van der Waals surface area contributed by atoms with Crippen LogP contribution < -0.4 is 10.7 Å². The maximum Gasteiger partial charge on any atom is 0.277 e. The van der Waals surface area contributed by atoms with Crippen LogP contribution in [0.25, 0.3) is 22.4 Å². The molecule has 0 atom stereocenters.